The second-order valence-electron chi connectivity index (χ2n) is 6.46. The smallest absolute Gasteiger partial charge is 0.282 e. The minimum atomic E-state index is -0.505. The van der Waals surface area contributed by atoms with Gasteiger partial charge in [-0.15, -0.1) is 0 Å². The van der Waals surface area contributed by atoms with Gasteiger partial charge < -0.3 is 13.9 Å². The van der Waals surface area contributed by atoms with Crippen LogP contribution in [-0.4, -0.2) is 22.9 Å². The van der Waals surface area contributed by atoms with Crippen molar-refractivity contribution in [2.75, 3.05) is 6.79 Å². The quantitative estimate of drug-likeness (QED) is 0.268. The van der Waals surface area contributed by atoms with Crippen molar-refractivity contribution in [3.8, 4) is 23.0 Å². The van der Waals surface area contributed by atoms with Gasteiger partial charge >= 0.3 is 0 Å². The number of rotatable bonds is 4. The first kappa shape index (κ1) is 17.8. The molecule has 0 saturated carbocycles. The Kier molecular flexibility index (Phi) is 4.13. The Morgan fingerprint density at radius 2 is 1.93 bits per heavy atom. The summed E-state index contributed by atoms with van der Waals surface area (Å²) in [4.78, 5) is 19.6. The van der Waals surface area contributed by atoms with Crippen LogP contribution in [0.5, 0.6) is 11.5 Å². The lowest BCUT2D eigenvalue weighted by molar-refractivity contribution is -0.385. The molecule has 0 N–H and O–H groups in total. The van der Waals surface area contributed by atoms with E-state index in [1.54, 1.807) is 30.3 Å². The van der Waals surface area contributed by atoms with Gasteiger partial charge in [-0.2, -0.15) is 0 Å². The highest BCUT2D eigenvalue weighted by atomic mass is 19.1. The number of halogens is 1. The number of nitro groups is 1. The first-order valence-corrected chi connectivity index (χ1v) is 8.85. The van der Waals surface area contributed by atoms with Crippen LogP contribution >= 0.6 is 0 Å². The molecule has 1 aliphatic rings. The van der Waals surface area contributed by atoms with Crippen molar-refractivity contribution in [1.29, 1.82) is 0 Å². The lowest BCUT2D eigenvalue weighted by Crippen LogP contribution is -1.94. The van der Waals surface area contributed by atoms with Gasteiger partial charge in [0.05, 0.1) is 22.2 Å². The fraction of sp³-hybridized carbons (Fsp3) is 0.0476. The number of nitro benzene ring substituents is 1. The van der Waals surface area contributed by atoms with Crippen LogP contribution in [0.1, 0.15) is 5.56 Å². The maximum atomic E-state index is 13.5. The second kappa shape index (κ2) is 6.96. The first-order valence-electron chi connectivity index (χ1n) is 8.85. The van der Waals surface area contributed by atoms with Gasteiger partial charge in [0.25, 0.3) is 5.69 Å². The standard InChI is InChI=1S/C21H12FN3O5/c22-14-3-1-2-12(6-14)21-24-16-8-15(4-5-18(16)30-21)23-10-13-7-19-20(29-11-28-19)9-17(13)25(26)27/h1-10H,11H2. The molecule has 0 spiro atoms. The van der Waals surface area contributed by atoms with Crippen molar-refractivity contribution in [2.45, 2.75) is 0 Å². The van der Waals surface area contributed by atoms with Crippen LogP contribution in [0.25, 0.3) is 22.6 Å². The lowest BCUT2D eigenvalue weighted by Gasteiger charge is -2.00. The number of nitrogens with zero attached hydrogens (tertiary/aromatic N) is 3. The maximum absolute atomic E-state index is 13.5. The van der Waals surface area contributed by atoms with Crippen LogP contribution in [0.4, 0.5) is 15.8 Å². The molecule has 2 heterocycles. The van der Waals surface area contributed by atoms with Crippen LogP contribution in [0.2, 0.25) is 0 Å². The average molecular weight is 405 g/mol. The van der Waals surface area contributed by atoms with Gasteiger partial charge in [-0.3, -0.25) is 15.1 Å². The van der Waals surface area contributed by atoms with Crippen molar-refractivity contribution in [3.05, 3.63) is 76.1 Å². The van der Waals surface area contributed by atoms with E-state index in [1.165, 1.54) is 30.5 Å². The molecule has 1 aliphatic heterocycles. The normalized spacial score (nSPS) is 12.7. The predicted octanol–water partition coefficient (Wildman–Crippen LogP) is 5.02. The second-order valence-corrected chi connectivity index (χ2v) is 6.46. The molecule has 4 aromatic rings. The van der Waals surface area contributed by atoms with Gasteiger partial charge in [0, 0.05) is 11.8 Å². The maximum Gasteiger partial charge on any atom is 0.282 e. The van der Waals surface area contributed by atoms with E-state index < -0.39 is 4.92 Å². The van der Waals surface area contributed by atoms with Gasteiger partial charge in [0.2, 0.25) is 12.7 Å². The zero-order valence-corrected chi connectivity index (χ0v) is 15.2. The summed E-state index contributed by atoms with van der Waals surface area (Å²) < 4.78 is 29.6. The summed E-state index contributed by atoms with van der Waals surface area (Å²) in [5.74, 6) is 0.656. The summed E-state index contributed by atoms with van der Waals surface area (Å²) in [7, 11) is 0. The lowest BCUT2D eigenvalue weighted by atomic mass is 10.1. The average Bonchev–Trinajstić information content (AvgIpc) is 3.37. The van der Waals surface area contributed by atoms with E-state index in [0.29, 0.717) is 33.8 Å². The third kappa shape index (κ3) is 3.22. The van der Waals surface area contributed by atoms with E-state index in [4.69, 9.17) is 13.9 Å². The third-order valence-electron chi connectivity index (χ3n) is 4.51. The first-order chi connectivity index (χ1) is 14.6. The number of aromatic nitrogens is 1. The van der Waals surface area contributed by atoms with E-state index in [-0.39, 0.29) is 29.8 Å². The van der Waals surface area contributed by atoms with Crippen molar-refractivity contribution in [2.24, 2.45) is 4.99 Å². The van der Waals surface area contributed by atoms with Crippen molar-refractivity contribution >= 4 is 28.7 Å². The fourth-order valence-electron chi connectivity index (χ4n) is 3.09. The number of aliphatic imine (C=N–C) groups is 1. The summed E-state index contributed by atoms with van der Waals surface area (Å²) in [6.07, 6.45) is 1.38. The van der Waals surface area contributed by atoms with Gasteiger partial charge in [0.15, 0.2) is 17.1 Å². The summed E-state index contributed by atoms with van der Waals surface area (Å²) in [5, 5.41) is 11.4. The van der Waals surface area contributed by atoms with Crippen LogP contribution in [-0.2, 0) is 0 Å². The molecule has 0 bridgehead atoms. The SMILES string of the molecule is O=[N+]([O-])c1cc2c(cc1C=Nc1ccc3oc(-c4cccc(F)c4)nc3c1)OCO2. The minimum absolute atomic E-state index is 0.0174. The monoisotopic (exact) mass is 405 g/mol. The largest absolute Gasteiger partial charge is 0.454 e. The molecule has 0 unspecified atom stereocenters. The Morgan fingerprint density at radius 1 is 1.10 bits per heavy atom. The van der Waals surface area contributed by atoms with Crippen LogP contribution in [0.15, 0.2) is 64.0 Å². The van der Waals surface area contributed by atoms with Gasteiger partial charge in [0.1, 0.15) is 11.3 Å². The Balaban J connectivity index is 1.49. The number of fused-ring (bicyclic) bond motifs is 2. The molecule has 1 aromatic heterocycles. The molecule has 0 amide bonds. The summed E-state index contributed by atoms with van der Waals surface area (Å²) >= 11 is 0. The molecule has 0 atom stereocenters. The Morgan fingerprint density at radius 3 is 2.73 bits per heavy atom. The molecule has 0 aliphatic carbocycles. The van der Waals surface area contributed by atoms with Crippen molar-refractivity contribution < 1.29 is 23.2 Å². The summed E-state index contributed by atoms with van der Waals surface area (Å²) in [5.41, 5.74) is 2.23. The van der Waals surface area contributed by atoms with E-state index in [9.17, 15) is 14.5 Å². The van der Waals surface area contributed by atoms with E-state index in [1.807, 2.05) is 0 Å². The highest BCUT2D eigenvalue weighted by molar-refractivity contribution is 5.89. The Hall–Kier alpha value is -4.27. The molecule has 0 radical (unpaired) electrons. The van der Waals surface area contributed by atoms with Crippen molar-refractivity contribution in [3.63, 3.8) is 0 Å². The van der Waals surface area contributed by atoms with Gasteiger partial charge in [-0.25, -0.2) is 9.37 Å². The number of ether oxygens (including phenoxy) is 2. The zero-order chi connectivity index (χ0) is 20.7. The predicted molar refractivity (Wildman–Crippen MR) is 106 cm³/mol. The number of oxazole rings is 1. The molecule has 0 fully saturated rings. The Labute approximate surface area is 168 Å². The van der Waals surface area contributed by atoms with Crippen LogP contribution in [0.3, 0.4) is 0 Å². The summed E-state index contributed by atoms with van der Waals surface area (Å²) in [6, 6.07) is 13.8. The molecule has 8 nitrogen and oxygen atoms in total. The van der Waals surface area contributed by atoms with Crippen LogP contribution < -0.4 is 9.47 Å². The third-order valence-corrected chi connectivity index (χ3v) is 4.51. The zero-order valence-electron chi connectivity index (χ0n) is 15.2. The molecule has 30 heavy (non-hydrogen) atoms. The Bertz CT molecular complexity index is 1330. The summed E-state index contributed by atoms with van der Waals surface area (Å²) in [6.45, 7) is 0.0174. The molecule has 9 heteroatoms. The number of hydrogen-bond donors (Lipinski definition) is 0. The molecular weight excluding hydrogens is 393 g/mol. The number of hydrogen-bond acceptors (Lipinski definition) is 7. The molecule has 0 saturated heterocycles. The fourth-order valence-corrected chi connectivity index (χ4v) is 3.09. The highest BCUT2D eigenvalue weighted by Gasteiger charge is 2.22. The van der Waals surface area contributed by atoms with E-state index in [2.05, 4.69) is 9.98 Å². The van der Waals surface area contributed by atoms with Gasteiger partial charge in [-0.1, -0.05) is 6.07 Å². The molecule has 5 rings (SSSR count). The molecule has 148 valence electrons. The number of benzene rings is 3. The van der Waals surface area contributed by atoms with Crippen LogP contribution in [0, 0.1) is 15.9 Å². The molecule has 3 aromatic carbocycles. The molecular formula is C21H12FN3O5. The van der Waals surface area contributed by atoms with E-state index >= 15 is 0 Å². The highest BCUT2D eigenvalue weighted by Crippen LogP contribution is 2.37. The van der Waals surface area contributed by atoms with Gasteiger partial charge in [-0.05, 0) is 42.5 Å². The topological polar surface area (TPSA) is 100.0 Å². The minimum Gasteiger partial charge on any atom is -0.454 e. The van der Waals surface area contributed by atoms with E-state index in [0.717, 1.165) is 0 Å². The van der Waals surface area contributed by atoms with Crippen molar-refractivity contribution in [1.82, 2.24) is 4.98 Å².